The first-order valence-electron chi connectivity index (χ1n) is 9.55. The Labute approximate surface area is 162 Å². The average Bonchev–Trinajstić information content (AvgIpc) is 3.32. The number of nitrogens with one attached hydrogen (secondary N) is 1. The van der Waals surface area contributed by atoms with Gasteiger partial charge in [0.2, 0.25) is 0 Å². The van der Waals surface area contributed by atoms with E-state index in [1.54, 1.807) is 0 Å². The van der Waals surface area contributed by atoms with Crippen LogP contribution in [0.5, 0.6) is 5.75 Å². The summed E-state index contributed by atoms with van der Waals surface area (Å²) in [5, 5.41) is 17.9. The van der Waals surface area contributed by atoms with Crippen molar-refractivity contribution in [3.63, 3.8) is 0 Å². The highest BCUT2D eigenvalue weighted by atomic mass is 16.3. The molecular formula is C21H24N4O3. The number of para-hydroxylation sites is 1. The minimum atomic E-state index is -0.752. The molecule has 0 aliphatic heterocycles. The van der Waals surface area contributed by atoms with Gasteiger partial charge in [0.25, 0.3) is 11.3 Å². The zero-order valence-electron chi connectivity index (χ0n) is 16.1. The zero-order valence-corrected chi connectivity index (χ0v) is 16.1. The van der Waals surface area contributed by atoms with Gasteiger partial charge in [0.15, 0.2) is 11.4 Å². The monoisotopic (exact) mass is 380 g/mol. The minimum absolute atomic E-state index is 0.220. The number of benzene rings is 1. The Bertz CT molecular complexity index is 1110. The Hall–Kier alpha value is -3.09. The number of hydrogen-bond donors (Lipinski definition) is 2. The van der Waals surface area contributed by atoms with E-state index in [1.807, 2.05) is 0 Å². The van der Waals surface area contributed by atoms with Gasteiger partial charge < -0.3 is 15.0 Å². The number of rotatable bonds is 4. The lowest BCUT2D eigenvalue weighted by molar-refractivity contribution is 0.0952. The SMILES string of the molecule is CNC(=O)c1nn(CC2(n3ccc4cccc(C)c43)CCCC2)cc(O)c1=O. The van der Waals surface area contributed by atoms with Crippen LogP contribution in [0.2, 0.25) is 0 Å². The maximum atomic E-state index is 12.1. The van der Waals surface area contributed by atoms with E-state index in [0.717, 1.165) is 25.7 Å². The molecule has 2 N–H and O–H groups in total. The summed E-state index contributed by atoms with van der Waals surface area (Å²) < 4.78 is 3.86. The topological polar surface area (TPSA) is 89.2 Å². The van der Waals surface area contributed by atoms with Crippen LogP contribution in [-0.2, 0) is 12.1 Å². The second kappa shape index (κ2) is 6.82. The Kier molecular flexibility index (Phi) is 4.45. The first kappa shape index (κ1) is 18.3. The number of amides is 1. The van der Waals surface area contributed by atoms with Crippen molar-refractivity contribution in [1.29, 1.82) is 0 Å². The smallest absolute Gasteiger partial charge is 0.275 e. The number of nitrogens with zero attached hydrogens (tertiary/aromatic N) is 3. The second-order valence-electron chi connectivity index (χ2n) is 7.60. The van der Waals surface area contributed by atoms with E-state index in [9.17, 15) is 14.7 Å². The molecule has 0 bridgehead atoms. The highest BCUT2D eigenvalue weighted by Crippen LogP contribution is 2.41. The molecule has 3 aromatic rings. The van der Waals surface area contributed by atoms with Gasteiger partial charge in [-0.2, -0.15) is 5.10 Å². The summed E-state index contributed by atoms with van der Waals surface area (Å²) in [5.74, 6) is -1.06. The van der Waals surface area contributed by atoms with Crippen molar-refractivity contribution in [2.75, 3.05) is 7.05 Å². The molecule has 1 aliphatic rings. The summed E-state index contributed by atoms with van der Waals surface area (Å²) >= 11 is 0. The fourth-order valence-electron chi connectivity index (χ4n) is 4.45. The van der Waals surface area contributed by atoms with E-state index >= 15 is 0 Å². The molecule has 0 atom stereocenters. The molecule has 0 saturated heterocycles. The lowest BCUT2D eigenvalue weighted by Gasteiger charge is -2.33. The summed E-state index contributed by atoms with van der Waals surface area (Å²) in [4.78, 5) is 24.1. The van der Waals surface area contributed by atoms with Crippen LogP contribution in [0.4, 0.5) is 0 Å². The maximum Gasteiger partial charge on any atom is 0.275 e. The Balaban J connectivity index is 1.83. The van der Waals surface area contributed by atoms with Gasteiger partial charge in [0, 0.05) is 13.2 Å². The van der Waals surface area contributed by atoms with Gasteiger partial charge in [-0.05, 0) is 36.8 Å². The number of fused-ring (bicyclic) bond motifs is 1. The van der Waals surface area contributed by atoms with E-state index in [-0.39, 0.29) is 11.2 Å². The molecule has 7 heteroatoms. The summed E-state index contributed by atoms with van der Waals surface area (Å²) in [6.45, 7) is 2.58. The molecule has 1 fully saturated rings. The van der Waals surface area contributed by atoms with Crippen LogP contribution in [0.3, 0.4) is 0 Å². The molecule has 4 rings (SSSR count). The fourth-order valence-corrected chi connectivity index (χ4v) is 4.45. The Morgan fingerprint density at radius 3 is 2.75 bits per heavy atom. The number of hydrogen-bond acceptors (Lipinski definition) is 4. The van der Waals surface area contributed by atoms with Gasteiger partial charge in [-0.15, -0.1) is 0 Å². The van der Waals surface area contributed by atoms with E-state index < -0.39 is 17.1 Å². The first-order valence-corrected chi connectivity index (χ1v) is 9.55. The predicted molar refractivity (Wildman–Crippen MR) is 107 cm³/mol. The van der Waals surface area contributed by atoms with Gasteiger partial charge >= 0.3 is 0 Å². The predicted octanol–water partition coefficient (Wildman–Crippen LogP) is 2.54. The third-order valence-electron chi connectivity index (χ3n) is 5.80. The van der Waals surface area contributed by atoms with Crippen LogP contribution in [0.15, 0.2) is 41.5 Å². The first-order chi connectivity index (χ1) is 13.4. The van der Waals surface area contributed by atoms with Gasteiger partial charge in [-0.3, -0.25) is 14.3 Å². The normalized spacial score (nSPS) is 15.8. The van der Waals surface area contributed by atoms with Crippen molar-refractivity contribution in [3.8, 4) is 5.75 Å². The number of aromatic nitrogens is 3. The van der Waals surface area contributed by atoms with Gasteiger partial charge in [0.1, 0.15) is 0 Å². The van der Waals surface area contributed by atoms with Gasteiger partial charge in [0.05, 0.1) is 23.8 Å². The van der Waals surface area contributed by atoms with E-state index in [0.29, 0.717) is 6.54 Å². The molecule has 1 saturated carbocycles. The van der Waals surface area contributed by atoms with Crippen molar-refractivity contribution in [2.24, 2.45) is 0 Å². The summed E-state index contributed by atoms with van der Waals surface area (Å²) in [6.07, 6.45) is 7.57. The zero-order chi connectivity index (χ0) is 19.9. The molecule has 0 radical (unpaired) electrons. The lowest BCUT2D eigenvalue weighted by Crippen LogP contribution is -2.37. The second-order valence-corrected chi connectivity index (χ2v) is 7.60. The Morgan fingerprint density at radius 2 is 2.04 bits per heavy atom. The van der Waals surface area contributed by atoms with Crippen LogP contribution < -0.4 is 10.7 Å². The van der Waals surface area contributed by atoms with Crippen molar-refractivity contribution in [3.05, 3.63) is 58.1 Å². The lowest BCUT2D eigenvalue weighted by atomic mass is 9.96. The van der Waals surface area contributed by atoms with Gasteiger partial charge in [-0.25, -0.2) is 0 Å². The number of carbonyl (C=O) groups excluding carboxylic acids is 1. The van der Waals surface area contributed by atoms with Crippen molar-refractivity contribution in [1.82, 2.24) is 19.7 Å². The largest absolute Gasteiger partial charge is 0.503 e. The average molecular weight is 380 g/mol. The van der Waals surface area contributed by atoms with Crippen LogP contribution in [0.25, 0.3) is 10.9 Å². The van der Waals surface area contributed by atoms with Gasteiger partial charge in [-0.1, -0.05) is 31.0 Å². The van der Waals surface area contributed by atoms with Crippen molar-refractivity contribution in [2.45, 2.75) is 44.7 Å². The quantitative estimate of drug-likeness (QED) is 0.728. The fraction of sp³-hybridized carbons (Fsp3) is 0.381. The van der Waals surface area contributed by atoms with Crippen LogP contribution in [-0.4, -0.2) is 32.4 Å². The summed E-state index contributed by atoms with van der Waals surface area (Å²) in [5.41, 5.74) is 1.14. The third kappa shape index (κ3) is 2.87. The molecule has 2 aromatic heterocycles. The molecule has 146 valence electrons. The molecule has 1 aliphatic carbocycles. The van der Waals surface area contributed by atoms with E-state index in [2.05, 4.69) is 52.4 Å². The molecular weight excluding hydrogens is 356 g/mol. The van der Waals surface area contributed by atoms with Crippen molar-refractivity contribution >= 4 is 16.8 Å². The minimum Gasteiger partial charge on any atom is -0.503 e. The molecule has 2 heterocycles. The van der Waals surface area contributed by atoms with Crippen LogP contribution in [0.1, 0.15) is 41.7 Å². The van der Waals surface area contributed by atoms with E-state index in [1.165, 1.54) is 34.4 Å². The van der Waals surface area contributed by atoms with Crippen LogP contribution >= 0.6 is 0 Å². The highest BCUT2D eigenvalue weighted by Gasteiger charge is 2.37. The maximum absolute atomic E-state index is 12.1. The number of aromatic hydroxyl groups is 1. The molecule has 1 amide bonds. The van der Waals surface area contributed by atoms with E-state index in [4.69, 9.17) is 0 Å². The highest BCUT2D eigenvalue weighted by molar-refractivity contribution is 5.92. The molecule has 7 nitrogen and oxygen atoms in total. The molecule has 1 aromatic carbocycles. The molecule has 28 heavy (non-hydrogen) atoms. The molecule has 0 unspecified atom stereocenters. The van der Waals surface area contributed by atoms with Crippen molar-refractivity contribution < 1.29 is 9.90 Å². The number of carbonyl (C=O) groups is 1. The third-order valence-corrected chi connectivity index (χ3v) is 5.80. The summed E-state index contributed by atoms with van der Waals surface area (Å²) in [6, 6.07) is 8.39. The standard InChI is InChI=1S/C21H24N4O3/c1-14-6-5-7-15-8-11-25(18(14)15)21(9-3-4-10-21)13-24-12-16(26)19(27)17(23-24)20(28)22-2/h5-8,11-12,26H,3-4,9-10,13H2,1-2H3,(H,22,28). The summed E-state index contributed by atoms with van der Waals surface area (Å²) in [7, 11) is 1.44. The van der Waals surface area contributed by atoms with Crippen LogP contribution in [0, 0.1) is 6.92 Å². The number of aryl methyl sites for hydroxylation is 1. The molecule has 0 spiro atoms. The Morgan fingerprint density at radius 1 is 1.29 bits per heavy atom.